The molecule has 7 heteroatoms. The number of nitrogens with zero attached hydrogens (tertiary/aromatic N) is 4. The summed E-state index contributed by atoms with van der Waals surface area (Å²) in [5, 5.41) is 20.4. The van der Waals surface area contributed by atoms with Gasteiger partial charge in [0.05, 0.1) is 5.52 Å². The first-order chi connectivity index (χ1) is 9.25. The fourth-order valence-electron chi connectivity index (χ4n) is 2.16. The number of hydrogen-bond acceptors (Lipinski definition) is 6. The van der Waals surface area contributed by atoms with Gasteiger partial charge in [-0.1, -0.05) is 12.1 Å². The van der Waals surface area contributed by atoms with E-state index in [2.05, 4.69) is 20.5 Å². The average Bonchev–Trinajstić information content (AvgIpc) is 2.46. The van der Waals surface area contributed by atoms with Crippen molar-refractivity contribution in [1.82, 2.24) is 20.5 Å². The molecule has 2 heterocycles. The number of aromatic nitrogens is 3. The number of carboxylic acids is 1. The first-order valence-corrected chi connectivity index (χ1v) is 6.05. The predicted octanol–water partition coefficient (Wildman–Crippen LogP) is -0.112. The van der Waals surface area contributed by atoms with Crippen molar-refractivity contribution in [1.29, 1.82) is 0 Å². The monoisotopic (exact) mass is 259 g/mol. The molecule has 98 valence electrons. The molecule has 0 radical (unpaired) electrons. The first kappa shape index (κ1) is 11.8. The third-order valence-electron chi connectivity index (χ3n) is 3.13. The maximum Gasteiger partial charge on any atom is 0.327 e. The number of aliphatic carboxylic acids is 1. The van der Waals surface area contributed by atoms with Gasteiger partial charge in [-0.25, -0.2) is 9.78 Å². The lowest BCUT2D eigenvalue weighted by Crippen LogP contribution is -2.55. The molecule has 1 aliphatic heterocycles. The summed E-state index contributed by atoms with van der Waals surface area (Å²) < 4.78 is 0. The van der Waals surface area contributed by atoms with Gasteiger partial charge in [0.1, 0.15) is 11.6 Å². The van der Waals surface area contributed by atoms with E-state index in [0.29, 0.717) is 31.1 Å². The zero-order valence-corrected chi connectivity index (χ0v) is 10.2. The lowest BCUT2D eigenvalue weighted by molar-refractivity contribution is -0.138. The average molecular weight is 259 g/mol. The largest absolute Gasteiger partial charge is 0.480 e. The molecule has 1 aliphatic rings. The lowest BCUT2D eigenvalue weighted by Gasteiger charge is -2.33. The van der Waals surface area contributed by atoms with Crippen LogP contribution in [0.15, 0.2) is 24.3 Å². The maximum absolute atomic E-state index is 11.2. The van der Waals surface area contributed by atoms with Gasteiger partial charge in [-0.2, -0.15) is 0 Å². The molecule has 1 fully saturated rings. The van der Waals surface area contributed by atoms with Crippen molar-refractivity contribution in [2.75, 3.05) is 24.5 Å². The van der Waals surface area contributed by atoms with E-state index in [4.69, 9.17) is 0 Å². The van der Waals surface area contributed by atoms with E-state index in [0.717, 1.165) is 5.52 Å². The van der Waals surface area contributed by atoms with E-state index < -0.39 is 12.0 Å². The summed E-state index contributed by atoms with van der Waals surface area (Å²) in [6.45, 7) is 1.64. The number of nitrogens with one attached hydrogen (secondary N) is 1. The minimum atomic E-state index is -0.885. The van der Waals surface area contributed by atoms with Crippen molar-refractivity contribution in [3.63, 3.8) is 0 Å². The van der Waals surface area contributed by atoms with Crippen LogP contribution in [0.25, 0.3) is 11.0 Å². The standard InChI is InChI=1S/C12H13N5O2/c18-11(19)10-7-13-5-6-17(10)12-14-8-3-1-2-4-9(8)15-16-12/h1-4,10,13H,5-7H2,(H,18,19). The van der Waals surface area contributed by atoms with Crippen LogP contribution in [0.4, 0.5) is 5.95 Å². The first-order valence-electron chi connectivity index (χ1n) is 6.05. The number of carbonyl (C=O) groups is 1. The molecule has 2 N–H and O–H groups in total. The number of hydrogen-bond donors (Lipinski definition) is 2. The van der Waals surface area contributed by atoms with Crippen LogP contribution in [0.1, 0.15) is 0 Å². The Balaban J connectivity index is 1.99. The van der Waals surface area contributed by atoms with Gasteiger partial charge in [0.2, 0.25) is 5.95 Å². The molecule has 19 heavy (non-hydrogen) atoms. The number of rotatable bonds is 2. The van der Waals surface area contributed by atoms with Crippen molar-refractivity contribution >= 4 is 23.0 Å². The highest BCUT2D eigenvalue weighted by Crippen LogP contribution is 2.16. The van der Waals surface area contributed by atoms with Gasteiger partial charge in [0.15, 0.2) is 0 Å². The summed E-state index contributed by atoms with van der Waals surface area (Å²) in [6.07, 6.45) is 0. The van der Waals surface area contributed by atoms with Crippen LogP contribution in [0.2, 0.25) is 0 Å². The van der Waals surface area contributed by atoms with Crippen molar-refractivity contribution in [3.05, 3.63) is 24.3 Å². The molecule has 1 aromatic carbocycles. The summed E-state index contributed by atoms with van der Waals surface area (Å²) in [6, 6.07) is 6.74. The van der Waals surface area contributed by atoms with Crippen LogP contribution < -0.4 is 10.2 Å². The number of fused-ring (bicyclic) bond motifs is 1. The Morgan fingerprint density at radius 2 is 2.11 bits per heavy atom. The Morgan fingerprint density at radius 1 is 1.32 bits per heavy atom. The molecule has 0 amide bonds. The van der Waals surface area contributed by atoms with E-state index in [1.165, 1.54) is 0 Å². The highest BCUT2D eigenvalue weighted by molar-refractivity contribution is 5.79. The minimum Gasteiger partial charge on any atom is -0.480 e. The molecular weight excluding hydrogens is 246 g/mol. The van der Waals surface area contributed by atoms with Gasteiger partial charge in [0, 0.05) is 19.6 Å². The van der Waals surface area contributed by atoms with E-state index in [1.54, 1.807) is 4.90 Å². The summed E-state index contributed by atoms with van der Waals surface area (Å²) in [5.74, 6) is -0.517. The summed E-state index contributed by atoms with van der Waals surface area (Å²) in [5.41, 5.74) is 1.42. The summed E-state index contributed by atoms with van der Waals surface area (Å²) >= 11 is 0. The third-order valence-corrected chi connectivity index (χ3v) is 3.13. The Hall–Kier alpha value is -2.28. The fraction of sp³-hybridized carbons (Fsp3) is 0.333. The second kappa shape index (κ2) is 4.77. The van der Waals surface area contributed by atoms with Crippen LogP contribution in [0.3, 0.4) is 0 Å². The molecule has 3 rings (SSSR count). The molecule has 1 unspecified atom stereocenters. The quantitative estimate of drug-likeness (QED) is 0.777. The molecule has 1 saturated heterocycles. The van der Waals surface area contributed by atoms with Crippen molar-refractivity contribution in [3.8, 4) is 0 Å². The van der Waals surface area contributed by atoms with E-state index >= 15 is 0 Å². The Bertz CT molecular complexity index is 618. The van der Waals surface area contributed by atoms with Crippen LogP contribution in [-0.2, 0) is 4.79 Å². The molecular formula is C12H13N5O2. The number of carboxylic acid groups (broad SMARTS) is 1. The molecule has 1 atom stereocenters. The van der Waals surface area contributed by atoms with Crippen LogP contribution in [0.5, 0.6) is 0 Å². The molecule has 0 bridgehead atoms. The SMILES string of the molecule is O=C(O)C1CNCCN1c1nnc2ccccc2n1. The number of anilines is 1. The number of benzene rings is 1. The Morgan fingerprint density at radius 3 is 2.89 bits per heavy atom. The molecule has 0 spiro atoms. The molecule has 0 saturated carbocycles. The molecule has 1 aromatic heterocycles. The smallest absolute Gasteiger partial charge is 0.327 e. The number of piperazine rings is 1. The second-order valence-corrected chi connectivity index (χ2v) is 4.35. The minimum absolute atomic E-state index is 0.368. The molecule has 7 nitrogen and oxygen atoms in total. The zero-order chi connectivity index (χ0) is 13.2. The van der Waals surface area contributed by atoms with Gasteiger partial charge in [-0.05, 0) is 12.1 Å². The van der Waals surface area contributed by atoms with Gasteiger partial charge in [0.25, 0.3) is 0 Å². The summed E-state index contributed by atoms with van der Waals surface area (Å²) in [4.78, 5) is 17.3. The van der Waals surface area contributed by atoms with Crippen LogP contribution in [-0.4, -0.2) is 51.9 Å². The van der Waals surface area contributed by atoms with E-state index in [1.807, 2.05) is 24.3 Å². The number of para-hydroxylation sites is 1. The highest BCUT2D eigenvalue weighted by atomic mass is 16.4. The van der Waals surface area contributed by atoms with Gasteiger partial charge >= 0.3 is 5.97 Å². The maximum atomic E-state index is 11.2. The van der Waals surface area contributed by atoms with Crippen LogP contribution >= 0.6 is 0 Å². The van der Waals surface area contributed by atoms with Crippen LogP contribution in [0, 0.1) is 0 Å². The van der Waals surface area contributed by atoms with Crippen molar-refractivity contribution in [2.45, 2.75) is 6.04 Å². The van der Waals surface area contributed by atoms with Gasteiger partial charge in [-0.3, -0.25) is 0 Å². The van der Waals surface area contributed by atoms with E-state index in [-0.39, 0.29) is 0 Å². The van der Waals surface area contributed by atoms with E-state index in [9.17, 15) is 9.90 Å². The predicted molar refractivity (Wildman–Crippen MR) is 69.0 cm³/mol. The normalized spacial score (nSPS) is 19.6. The topological polar surface area (TPSA) is 91.2 Å². The third kappa shape index (κ3) is 2.19. The highest BCUT2D eigenvalue weighted by Gasteiger charge is 2.30. The second-order valence-electron chi connectivity index (χ2n) is 4.35. The summed E-state index contributed by atoms with van der Waals surface area (Å²) in [7, 11) is 0. The Kier molecular flexibility index (Phi) is 2.96. The zero-order valence-electron chi connectivity index (χ0n) is 10.2. The fourth-order valence-corrected chi connectivity index (χ4v) is 2.16. The van der Waals surface area contributed by atoms with Crippen molar-refractivity contribution < 1.29 is 9.90 Å². The Labute approximate surface area is 109 Å². The van der Waals surface area contributed by atoms with Gasteiger partial charge in [-0.15, -0.1) is 10.2 Å². The molecule has 0 aliphatic carbocycles. The van der Waals surface area contributed by atoms with Gasteiger partial charge < -0.3 is 15.3 Å². The van der Waals surface area contributed by atoms with Crippen molar-refractivity contribution in [2.24, 2.45) is 0 Å². The lowest BCUT2D eigenvalue weighted by atomic mass is 10.2. The molecule has 2 aromatic rings.